The van der Waals surface area contributed by atoms with E-state index in [0.29, 0.717) is 5.92 Å². The summed E-state index contributed by atoms with van der Waals surface area (Å²) in [5, 5.41) is 2.01. The lowest BCUT2D eigenvalue weighted by Crippen LogP contribution is -2.49. The van der Waals surface area contributed by atoms with Crippen LogP contribution in [0.15, 0.2) is 11.4 Å². The van der Waals surface area contributed by atoms with Crippen LogP contribution in [-0.4, -0.2) is 29.9 Å². The molecule has 2 atom stereocenters. The highest BCUT2D eigenvalue weighted by molar-refractivity contribution is 7.12. The van der Waals surface area contributed by atoms with E-state index in [1.807, 2.05) is 10.3 Å². The maximum Gasteiger partial charge on any atom is 0.264 e. The molecule has 2 unspecified atom stereocenters. The molecule has 1 saturated heterocycles. The van der Waals surface area contributed by atoms with Gasteiger partial charge in [-0.2, -0.15) is 0 Å². The van der Waals surface area contributed by atoms with E-state index in [9.17, 15) is 4.79 Å². The Kier molecular flexibility index (Phi) is 4.40. The average Bonchev–Trinajstić information content (AvgIpc) is 2.86. The molecule has 2 heterocycles. The summed E-state index contributed by atoms with van der Waals surface area (Å²) in [7, 11) is 0. The summed E-state index contributed by atoms with van der Waals surface area (Å²) in [6.45, 7) is 5.87. The Labute approximate surface area is 113 Å². The summed E-state index contributed by atoms with van der Waals surface area (Å²) < 4.78 is 0. The van der Waals surface area contributed by atoms with Gasteiger partial charge in [0.2, 0.25) is 0 Å². The van der Waals surface area contributed by atoms with Gasteiger partial charge in [0.15, 0.2) is 0 Å². The summed E-state index contributed by atoms with van der Waals surface area (Å²) in [6.07, 6.45) is 2.90. The Morgan fingerprint density at radius 2 is 2.33 bits per heavy atom. The van der Waals surface area contributed by atoms with Crippen LogP contribution in [0.1, 0.15) is 41.9 Å². The van der Waals surface area contributed by atoms with Gasteiger partial charge in [0.25, 0.3) is 5.91 Å². The number of amides is 1. The van der Waals surface area contributed by atoms with Crippen LogP contribution in [0.2, 0.25) is 0 Å². The van der Waals surface area contributed by atoms with Gasteiger partial charge in [-0.3, -0.25) is 4.79 Å². The SMILES string of the molecule is CCc1ccsc1C(=O)N1CCC(N)C(CC)C1. The van der Waals surface area contributed by atoms with Crippen LogP contribution in [0.4, 0.5) is 0 Å². The minimum atomic E-state index is 0.201. The number of hydrogen-bond acceptors (Lipinski definition) is 3. The van der Waals surface area contributed by atoms with Crippen molar-refractivity contribution in [3.05, 3.63) is 21.9 Å². The number of nitrogens with zero attached hydrogens (tertiary/aromatic N) is 1. The van der Waals surface area contributed by atoms with Crippen molar-refractivity contribution in [1.29, 1.82) is 0 Å². The summed E-state index contributed by atoms with van der Waals surface area (Å²) in [5.74, 6) is 0.653. The maximum atomic E-state index is 12.5. The quantitative estimate of drug-likeness (QED) is 0.913. The first-order valence-electron chi connectivity index (χ1n) is 6.78. The fraction of sp³-hybridized carbons (Fsp3) is 0.643. The molecule has 0 spiro atoms. The second kappa shape index (κ2) is 5.85. The largest absolute Gasteiger partial charge is 0.338 e. The Morgan fingerprint density at radius 3 is 3.00 bits per heavy atom. The van der Waals surface area contributed by atoms with Gasteiger partial charge in [-0.1, -0.05) is 20.3 Å². The number of carbonyl (C=O) groups is 1. The number of nitrogens with two attached hydrogens (primary N) is 1. The van der Waals surface area contributed by atoms with Crippen molar-refractivity contribution < 1.29 is 4.79 Å². The first-order chi connectivity index (χ1) is 8.67. The van der Waals surface area contributed by atoms with Crippen LogP contribution in [0.3, 0.4) is 0 Å². The molecule has 2 N–H and O–H groups in total. The van der Waals surface area contributed by atoms with Crippen LogP contribution in [0, 0.1) is 5.92 Å². The molecule has 2 rings (SSSR count). The van der Waals surface area contributed by atoms with Crippen molar-refractivity contribution in [2.75, 3.05) is 13.1 Å². The first-order valence-corrected chi connectivity index (χ1v) is 7.66. The topological polar surface area (TPSA) is 46.3 Å². The fourth-order valence-electron chi connectivity index (χ4n) is 2.61. The summed E-state index contributed by atoms with van der Waals surface area (Å²) in [6, 6.07) is 2.32. The first kappa shape index (κ1) is 13.6. The number of piperidine rings is 1. The Hall–Kier alpha value is -0.870. The van der Waals surface area contributed by atoms with Crippen molar-refractivity contribution in [3.63, 3.8) is 0 Å². The van der Waals surface area contributed by atoms with Gasteiger partial charge in [0.1, 0.15) is 0 Å². The second-order valence-corrected chi connectivity index (χ2v) is 5.92. The molecule has 1 aliphatic heterocycles. The molecular formula is C14H22N2OS. The molecule has 0 saturated carbocycles. The highest BCUT2D eigenvalue weighted by atomic mass is 32.1. The zero-order chi connectivity index (χ0) is 13.1. The molecule has 3 nitrogen and oxygen atoms in total. The number of likely N-dealkylation sites (tertiary alicyclic amines) is 1. The lowest BCUT2D eigenvalue weighted by Gasteiger charge is -2.36. The summed E-state index contributed by atoms with van der Waals surface area (Å²) in [5.41, 5.74) is 7.27. The Bertz CT molecular complexity index is 416. The molecule has 1 aromatic heterocycles. The number of hydrogen-bond donors (Lipinski definition) is 1. The predicted octanol–water partition coefficient (Wildman–Crippen LogP) is 2.51. The molecule has 0 aromatic carbocycles. The monoisotopic (exact) mass is 266 g/mol. The maximum absolute atomic E-state index is 12.5. The van der Waals surface area contributed by atoms with Crippen molar-refractivity contribution >= 4 is 17.2 Å². The van der Waals surface area contributed by atoms with Crippen LogP contribution in [-0.2, 0) is 6.42 Å². The molecule has 0 bridgehead atoms. The van der Waals surface area contributed by atoms with Crippen molar-refractivity contribution in [3.8, 4) is 0 Å². The van der Waals surface area contributed by atoms with E-state index in [-0.39, 0.29) is 11.9 Å². The average molecular weight is 266 g/mol. The van der Waals surface area contributed by atoms with Crippen LogP contribution < -0.4 is 5.73 Å². The third-order valence-corrected chi connectivity index (χ3v) is 4.87. The standard InChI is InChI=1S/C14H22N2OS/c1-3-10-6-8-18-13(10)14(17)16-7-5-12(15)11(4-2)9-16/h6,8,11-12H,3-5,7,9,15H2,1-2H3. The van der Waals surface area contributed by atoms with Gasteiger partial charge in [0.05, 0.1) is 4.88 Å². The second-order valence-electron chi connectivity index (χ2n) is 5.00. The minimum absolute atomic E-state index is 0.201. The minimum Gasteiger partial charge on any atom is -0.338 e. The van der Waals surface area contributed by atoms with Gasteiger partial charge >= 0.3 is 0 Å². The zero-order valence-electron chi connectivity index (χ0n) is 11.2. The van der Waals surface area contributed by atoms with E-state index in [0.717, 1.165) is 37.2 Å². The number of carbonyl (C=O) groups excluding carboxylic acids is 1. The van der Waals surface area contributed by atoms with Gasteiger partial charge < -0.3 is 10.6 Å². The van der Waals surface area contributed by atoms with E-state index in [2.05, 4.69) is 19.9 Å². The van der Waals surface area contributed by atoms with Crippen molar-refractivity contribution in [1.82, 2.24) is 4.90 Å². The van der Waals surface area contributed by atoms with Gasteiger partial charge in [-0.15, -0.1) is 11.3 Å². The summed E-state index contributed by atoms with van der Waals surface area (Å²) >= 11 is 1.56. The molecule has 0 aliphatic carbocycles. The normalized spacial score (nSPS) is 24.3. The van der Waals surface area contributed by atoms with Gasteiger partial charge in [0, 0.05) is 19.1 Å². The van der Waals surface area contributed by atoms with Crippen LogP contribution in [0.5, 0.6) is 0 Å². The van der Waals surface area contributed by atoms with E-state index >= 15 is 0 Å². The Morgan fingerprint density at radius 1 is 1.56 bits per heavy atom. The molecule has 4 heteroatoms. The lowest BCUT2D eigenvalue weighted by atomic mass is 9.90. The number of aryl methyl sites for hydroxylation is 1. The highest BCUT2D eigenvalue weighted by Crippen LogP contribution is 2.24. The fourth-order valence-corrected chi connectivity index (χ4v) is 3.57. The molecule has 1 amide bonds. The van der Waals surface area contributed by atoms with E-state index in [1.54, 1.807) is 11.3 Å². The van der Waals surface area contributed by atoms with Crippen molar-refractivity contribution in [2.24, 2.45) is 11.7 Å². The van der Waals surface area contributed by atoms with Crippen LogP contribution >= 0.6 is 11.3 Å². The molecule has 1 fully saturated rings. The van der Waals surface area contributed by atoms with Crippen molar-refractivity contribution in [2.45, 2.75) is 39.2 Å². The molecule has 18 heavy (non-hydrogen) atoms. The molecule has 1 aliphatic rings. The predicted molar refractivity (Wildman–Crippen MR) is 76.0 cm³/mol. The van der Waals surface area contributed by atoms with E-state index in [4.69, 9.17) is 5.73 Å². The summed E-state index contributed by atoms with van der Waals surface area (Å²) in [4.78, 5) is 15.4. The molecule has 1 aromatic rings. The van der Waals surface area contributed by atoms with Gasteiger partial charge in [-0.25, -0.2) is 0 Å². The van der Waals surface area contributed by atoms with Gasteiger partial charge in [-0.05, 0) is 35.8 Å². The third kappa shape index (κ3) is 2.59. The number of thiophene rings is 1. The van der Waals surface area contributed by atoms with E-state index in [1.165, 1.54) is 5.56 Å². The number of rotatable bonds is 3. The van der Waals surface area contributed by atoms with Crippen LogP contribution in [0.25, 0.3) is 0 Å². The third-order valence-electron chi connectivity index (χ3n) is 3.93. The Balaban J connectivity index is 2.10. The molecular weight excluding hydrogens is 244 g/mol. The highest BCUT2D eigenvalue weighted by Gasteiger charge is 2.29. The molecule has 0 radical (unpaired) electrons. The zero-order valence-corrected chi connectivity index (χ0v) is 12.0. The molecule has 100 valence electrons. The lowest BCUT2D eigenvalue weighted by molar-refractivity contribution is 0.0653. The van der Waals surface area contributed by atoms with E-state index < -0.39 is 0 Å². The smallest absolute Gasteiger partial charge is 0.264 e.